The van der Waals surface area contributed by atoms with E-state index in [9.17, 15) is 14.4 Å². The quantitative estimate of drug-likeness (QED) is 0.664. The molecule has 2 heterocycles. The number of carbonyl (C=O) groups excluding carboxylic acids is 3. The van der Waals surface area contributed by atoms with Gasteiger partial charge in [0, 0.05) is 6.04 Å². The maximum atomic E-state index is 12.6. The minimum atomic E-state index is -0.452. The fraction of sp³-hybridized carbons (Fsp3) is 0.438. The van der Waals surface area contributed by atoms with Crippen LogP contribution < -0.4 is 10.2 Å². The van der Waals surface area contributed by atoms with Crippen molar-refractivity contribution < 1.29 is 19.1 Å². The maximum absolute atomic E-state index is 12.6. The molecule has 1 aromatic carbocycles. The van der Waals surface area contributed by atoms with E-state index in [2.05, 4.69) is 10.1 Å². The highest BCUT2D eigenvalue weighted by molar-refractivity contribution is 6.20. The van der Waals surface area contributed by atoms with E-state index in [4.69, 9.17) is 0 Å². The van der Waals surface area contributed by atoms with Crippen molar-refractivity contribution in [2.45, 2.75) is 18.9 Å². The Kier molecular flexibility index (Phi) is 4.29. The second kappa shape index (κ2) is 6.37. The van der Waals surface area contributed by atoms with Crippen LogP contribution in [0.3, 0.4) is 0 Å². The first kappa shape index (κ1) is 15.5. The van der Waals surface area contributed by atoms with Gasteiger partial charge >= 0.3 is 12.0 Å². The van der Waals surface area contributed by atoms with E-state index in [0.29, 0.717) is 11.3 Å². The van der Waals surface area contributed by atoms with Crippen molar-refractivity contribution in [2.75, 3.05) is 31.6 Å². The Morgan fingerprint density at radius 2 is 1.83 bits per heavy atom. The highest BCUT2D eigenvalue weighted by Crippen LogP contribution is 2.25. The third-order valence-electron chi connectivity index (χ3n) is 4.29. The molecule has 2 fully saturated rings. The number of ether oxygens (including phenoxy) is 1. The number of benzene rings is 1. The van der Waals surface area contributed by atoms with Crippen LogP contribution in [0.5, 0.6) is 0 Å². The molecule has 122 valence electrons. The van der Waals surface area contributed by atoms with Crippen LogP contribution in [0.15, 0.2) is 24.3 Å². The number of urea groups is 1. The van der Waals surface area contributed by atoms with Gasteiger partial charge in [0.2, 0.25) is 0 Å². The molecule has 2 aliphatic heterocycles. The monoisotopic (exact) mass is 317 g/mol. The molecule has 2 saturated heterocycles. The number of methoxy groups -OCH3 is 1. The molecule has 2 aliphatic rings. The van der Waals surface area contributed by atoms with E-state index < -0.39 is 5.97 Å². The summed E-state index contributed by atoms with van der Waals surface area (Å²) in [5.74, 6) is -0.689. The highest BCUT2D eigenvalue weighted by Gasteiger charge is 2.40. The molecule has 1 N–H and O–H groups in total. The average Bonchev–Trinajstić information content (AvgIpc) is 2.89. The molecule has 0 bridgehead atoms. The van der Waals surface area contributed by atoms with Crippen LogP contribution in [0.2, 0.25) is 0 Å². The molecule has 0 radical (unpaired) electrons. The number of hydrogen-bond donors (Lipinski definition) is 1. The molecule has 7 heteroatoms. The standard InChI is InChI=1S/C16H19N3O4/c1-23-15(21)11-2-4-13(5-3-11)19-14(20)10-18(16(19)22)12-6-8-17-9-7-12/h2-5,12,17H,6-10H2,1H3. The van der Waals surface area contributed by atoms with Gasteiger partial charge in [0.25, 0.3) is 5.91 Å². The van der Waals surface area contributed by atoms with Crippen LogP contribution in [-0.2, 0) is 9.53 Å². The van der Waals surface area contributed by atoms with E-state index >= 15 is 0 Å². The molecular formula is C16H19N3O4. The number of rotatable bonds is 3. The van der Waals surface area contributed by atoms with Gasteiger partial charge in [-0.2, -0.15) is 0 Å². The number of amides is 3. The Morgan fingerprint density at radius 3 is 2.43 bits per heavy atom. The van der Waals surface area contributed by atoms with Gasteiger partial charge in [0.15, 0.2) is 0 Å². The first-order valence-corrected chi connectivity index (χ1v) is 7.64. The zero-order valence-corrected chi connectivity index (χ0v) is 12.9. The highest BCUT2D eigenvalue weighted by atomic mass is 16.5. The van der Waals surface area contributed by atoms with Gasteiger partial charge in [-0.05, 0) is 50.2 Å². The van der Waals surface area contributed by atoms with Gasteiger partial charge in [-0.25, -0.2) is 14.5 Å². The van der Waals surface area contributed by atoms with Gasteiger partial charge in [-0.1, -0.05) is 0 Å². The van der Waals surface area contributed by atoms with Crippen molar-refractivity contribution in [1.29, 1.82) is 0 Å². The number of esters is 1. The van der Waals surface area contributed by atoms with Crippen molar-refractivity contribution in [1.82, 2.24) is 10.2 Å². The lowest BCUT2D eigenvalue weighted by atomic mass is 10.1. The molecular weight excluding hydrogens is 298 g/mol. The molecule has 3 rings (SSSR count). The van der Waals surface area contributed by atoms with Crippen LogP contribution >= 0.6 is 0 Å². The molecule has 0 atom stereocenters. The topological polar surface area (TPSA) is 79.0 Å². The average molecular weight is 317 g/mol. The predicted molar refractivity (Wildman–Crippen MR) is 83.3 cm³/mol. The molecule has 23 heavy (non-hydrogen) atoms. The smallest absolute Gasteiger partial charge is 0.337 e. The number of carbonyl (C=O) groups is 3. The first-order chi connectivity index (χ1) is 11.1. The summed E-state index contributed by atoms with van der Waals surface area (Å²) in [6, 6.07) is 6.10. The van der Waals surface area contributed by atoms with E-state index in [0.717, 1.165) is 25.9 Å². The second-order valence-corrected chi connectivity index (χ2v) is 5.66. The van der Waals surface area contributed by atoms with Gasteiger partial charge in [0.05, 0.1) is 18.4 Å². The predicted octanol–water partition coefficient (Wildman–Crippen LogP) is 0.994. The van der Waals surface area contributed by atoms with E-state index in [1.54, 1.807) is 29.2 Å². The van der Waals surface area contributed by atoms with Gasteiger partial charge in [-0.15, -0.1) is 0 Å². The van der Waals surface area contributed by atoms with E-state index in [-0.39, 0.29) is 24.5 Å². The fourth-order valence-corrected chi connectivity index (χ4v) is 3.04. The van der Waals surface area contributed by atoms with Crippen molar-refractivity contribution in [3.05, 3.63) is 29.8 Å². The summed E-state index contributed by atoms with van der Waals surface area (Å²) in [4.78, 5) is 39.2. The van der Waals surface area contributed by atoms with Crippen LogP contribution in [0, 0.1) is 0 Å². The number of hydrogen-bond acceptors (Lipinski definition) is 5. The molecule has 1 aromatic rings. The van der Waals surface area contributed by atoms with Crippen LogP contribution in [-0.4, -0.2) is 55.6 Å². The third kappa shape index (κ3) is 2.92. The normalized spacial score (nSPS) is 19.3. The molecule has 0 aliphatic carbocycles. The Hall–Kier alpha value is -2.41. The molecule has 3 amide bonds. The molecule has 7 nitrogen and oxygen atoms in total. The largest absolute Gasteiger partial charge is 0.465 e. The summed E-state index contributed by atoms with van der Waals surface area (Å²) in [7, 11) is 1.31. The zero-order chi connectivity index (χ0) is 16.4. The van der Waals surface area contributed by atoms with E-state index in [1.165, 1.54) is 12.0 Å². The maximum Gasteiger partial charge on any atom is 0.337 e. The molecule has 0 saturated carbocycles. The van der Waals surface area contributed by atoms with Gasteiger partial charge in [0.1, 0.15) is 6.54 Å². The summed E-state index contributed by atoms with van der Waals surface area (Å²) in [5, 5.41) is 3.25. The SMILES string of the molecule is COC(=O)c1ccc(N2C(=O)CN(C3CCNCC3)C2=O)cc1. The van der Waals surface area contributed by atoms with Crippen LogP contribution in [0.1, 0.15) is 23.2 Å². The minimum Gasteiger partial charge on any atom is -0.465 e. The number of nitrogens with zero attached hydrogens (tertiary/aromatic N) is 2. The lowest BCUT2D eigenvalue weighted by Gasteiger charge is -2.30. The molecule has 0 aromatic heterocycles. The molecule has 0 spiro atoms. The van der Waals surface area contributed by atoms with Crippen molar-refractivity contribution in [3.63, 3.8) is 0 Å². The Balaban J connectivity index is 1.78. The van der Waals surface area contributed by atoms with Crippen molar-refractivity contribution >= 4 is 23.6 Å². The Labute approximate surface area is 134 Å². The zero-order valence-electron chi connectivity index (χ0n) is 12.9. The van der Waals surface area contributed by atoms with Crippen LogP contribution in [0.25, 0.3) is 0 Å². The lowest BCUT2D eigenvalue weighted by Crippen LogP contribution is -2.45. The summed E-state index contributed by atoms with van der Waals surface area (Å²) in [6.45, 7) is 1.83. The van der Waals surface area contributed by atoms with Crippen LogP contribution in [0.4, 0.5) is 10.5 Å². The Bertz CT molecular complexity index is 623. The summed E-state index contributed by atoms with van der Waals surface area (Å²) in [5.41, 5.74) is 0.856. The fourth-order valence-electron chi connectivity index (χ4n) is 3.04. The lowest BCUT2D eigenvalue weighted by molar-refractivity contribution is -0.116. The number of imide groups is 1. The second-order valence-electron chi connectivity index (χ2n) is 5.66. The number of anilines is 1. The van der Waals surface area contributed by atoms with Gasteiger partial charge in [-0.3, -0.25) is 4.79 Å². The summed E-state index contributed by atoms with van der Waals surface area (Å²) < 4.78 is 4.64. The summed E-state index contributed by atoms with van der Waals surface area (Å²) in [6.07, 6.45) is 1.71. The number of piperidine rings is 1. The van der Waals surface area contributed by atoms with E-state index in [1.807, 2.05) is 0 Å². The van der Waals surface area contributed by atoms with Crippen molar-refractivity contribution in [3.8, 4) is 0 Å². The van der Waals surface area contributed by atoms with Crippen molar-refractivity contribution in [2.24, 2.45) is 0 Å². The third-order valence-corrected chi connectivity index (χ3v) is 4.29. The minimum absolute atomic E-state index is 0.104. The van der Waals surface area contributed by atoms with Gasteiger partial charge < -0.3 is 15.0 Å². The first-order valence-electron chi connectivity index (χ1n) is 7.64. The number of nitrogens with one attached hydrogen (secondary N) is 1. The summed E-state index contributed by atoms with van der Waals surface area (Å²) >= 11 is 0. The Morgan fingerprint density at radius 1 is 1.17 bits per heavy atom. The molecule has 0 unspecified atom stereocenters.